The Morgan fingerprint density at radius 1 is 1.30 bits per heavy atom. The lowest BCUT2D eigenvalue weighted by atomic mass is 10.2. The maximum atomic E-state index is 12.3. The first-order chi connectivity index (χ1) is 14.3. The maximum absolute atomic E-state index is 12.3. The molecule has 0 aliphatic rings. The van der Waals surface area contributed by atoms with Gasteiger partial charge in [-0.25, -0.2) is 0 Å². The Hall–Kier alpha value is -3.11. The first-order valence-electron chi connectivity index (χ1n) is 8.78. The molecule has 156 valence electrons. The molecule has 11 heteroatoms. The highest BCUT2D eigenvalue weighted by Crippen LogP contribution is 2.25. The number of nitro groups is 1. The number of hydrogen-bond donors (Lipinski definition) is 1. The second-order valence-corrected chi connectivity index (χ2v) is 7.62. The fraction of sp³-hybridized carbons (Fsp3) is 0.211. The van der Waals surface area contributed by atoms with Gasteiger partial charge >= 0.3 is 0 Å². The van der Waals surface area contributed by atoms with Crippen LogP contribution in [0.15, 0.2) is 47.6 Å². The Labute approximate surface area is 181 Å². The van der Waals surface area contributed by atoms with E-state index < -0.39 is 4.92 Å². The first-order valence-corrected chi connectivity index (χ1v) is 10.1. The van der Waals surface area contributed by atoms with E-state index in [1.165, 1.54) is 23.9 Å². The fourth-order valence-corrected chi connectivity index (χ4v) is 3.40. The van der Waals surface area contributed by atoms with Crippen LogP contribution in [0.3, 0.4) is 0 Å². The van der Waals surface area contributed by atoms with E-state index in [-0.39, 0.29) is 24.0 Å². The molecule has 0 atom stereocenters. The van der Waals surface area contributed by atoms with Crippen molar-refractivity contribution in [3.8, 4) is 5.75 Å². The number of nitrogens with zero attached hydrogens (tertiary/aromatic N) is 4. The van der Waals surface area contributed by atoms with Crippen LogP contribution in [0.5, 0.6) is 5.75 Å². The van der Waals surface area contributed by atoms with Crippen molar-refractivity contribution < 1.29 is 14.5 Å². The number of amides is 1. The Kier molecular flexibility index (Phi) is 6.91. The Bertz CT molecular complexity index is 1090. The molecule has 1 amide bonds. The van der Waals surface area contributed by atoms with Gasteiger partial charge in [-0.2, -0.15) is 0 Å². The zero-order valence-corrected chi connectivity index (χ0v) is 17.7. The van der Waals surface area contributed by atoms with Gasteiger partial charge in [0, 0.05) is 19.2 Å². The molecule has 1 heterocycles. The van der Waals surface area contributed by atoms with E-state index in [9.17, 15) is 14.9 Å². The number of carbonyl (C=O) groups is 1. The highest BCUT2D eigenvalue weighted by atomic mass is 35.5. The number of anilines is 1. The molecule has 1 aromatic heterocycles. The third-order valence-corrected chi connectivity index (χ3v) is 5.49. The molecule has 9 nitrogen and oxygen atoms in total. The van der Waals surface area contributed by atoms with Crippen LogP contribution in [0.4, 0.5) is 11.4 Å². The third-order valence-electron chi connectivity index (χ3n) is 4.16. The number of aryl methyl sites for hydroxylation is 1. The van der Waals surface area contributed by atoms with Crippen LogP contribution >= 0.6 is 23.4 Å². The Balaban J connectivity index is 1.57. The molecular weight excluding hydrogens is 430 g/mol. The van der Waals surface area contributed by atoms with Crippen molar-refractivity contribution in [1.29, 1.82) is 0 Å². The van der Waals surface area contributed by atoms with E-state index in [0.29, 0.717) is 27.4 Å². The van der Waals surface area contributed by atoms with E-state index in [2.05, 4.69) is 15.5 Å². The van der Waals surface area contributed by atoms with E-state index in [4.69, 9.17) is 16.3 Å². The molecule has 2 aromatic carbocycles. The molecule has 0 aliphatic heterocycles. The number of nitrogens with one attached hydrogen (secondary N) is 1. The zero-order valence-electron chi connectivity index (χ0n) is 16.2. The summed E-state index contributed by atoms with van der Waals surface area (Å²) in [5.41, 5.74) is 1.05. The van der Waals surface area contributed by atoms with Gasteiger partial charge in [-0.1, -0.05) is 41.6 Å². The summed E-state index contributed by atoms with van der Waals surface area (Å²) >= 11 is 7.27. The fourth-order valence-electron chi connectivity index (χ4n) is 2.48. The minimum absolute atomic E-state index is 0.0689. The number of nitro benzene ring substituents is 1. The molecule has 30 heavy (non-hydrogen) atoms. The van der Waals surface area contributed by atoms with Crippen molar-refractivity contribution >= 4 is 40.6 Å². The number of halogens is 1. The third kappa shape index (κ3) is 5.28. The number of hydrogen-bond acceptors (Lipinski definition) is 7. The van der Waals surface area contributed by atoms with Crippen molar-refractivity contribution in [2.45, 2.75) is 18.7 Å². The molecule has 3 aromatic rings. The highest BCUT2D eigenvalue weighted by Gasteiger charge is 2.15. The minimum atomic E-state index is -0.504. The topological polar surface area (TPSA) is 112 Å². The first kappa shape index (κ1) is 21.6. The second kappa shape index (κ2) is 9.59. The highest BCUT2D eigenvalue weighted by molar-refractivity contribution is 7.99. The van der Waals surface area contributed by atoms with E-state index in [1.54, 1.807) is 36.7 Å². The maximum Gasteiger partial charge on any atom is 0.271 e. The predicted molar refractivity (Wildman–Crippen MR) is 114 cm³/mol. The van der Waals surface area contributed by atoms with E-state index in [1.807, 2.05) is 12.1 Å². The number of carbonyl (C=O) groups excluding carboxylic acids is 1. The van der Waals surface area contributed by atoms with Crippen LogP contribution in [0.25, 0.3) is 0 Å². The summed E-state index contributed by atoms with van der Waals surface area (Å²) in [7, 11) is 1.77. The Morgan fingerprint density at radius 2 is 2.07 bits per heavy atom. The van der Waals surface area contributed by atoms with Crippen molar-refractivity contribution in [2.24, 2.45) is 7.05 Å². The van der Waals surface area contributed by atoms with Crippen molar-refractivity contribution in [2.75, 3.05) is 11.1 Å². The SMILES string of the molecule is Cc1ccc([N+](=O)[O-])cc1NC(=O)CSc1nnc(COc2ccccc2Cl)n1C. The summed E-state index contributed by atoms with van der Waals surface area (Å²) in [6.07, 6.45) is 0. The molecular formula is C19H18ClN5O4S. The van der Waals surface area contributed by atoms with E-state index in [0.717, 1.165) is 5.56 Å². The summed E-state index contributed by atoms with van der Waals surface area (Å²) in [5, 5.41) is 22.8. The van der Waals surface area contributed by atoms with Crippen LogP contribution in [-0.4, -0.2) is 31.3 Å². The van der Waals surface area contributed by atoms with Gasteiger partial charge in [0.05, 0.1) is 21.4 Å². The summed E-state index contributed by atoms with van der Waals surface area (Å²) in [4.78, 5) is 22.7. The van der Waals surface area contributed by atoms with Gasteiger partial charge < -0.3 is 14.6 Å². The molecule has 0 saturated heterocycles. The predicted octanol–water partition coefficient (Wildman–Crippen LogP) is 3.99. The molecule has 0 spiro atoms. The smallest absolute Gasteiger partial charge is 0.271 e. The number of para-hydroxylation sites is 1. The number of rotatable bonds is 8. The molecule has 0 radical (unpaired) electrons. The lowest BCUT2D eigenvalue weighted by Gasteiger charge is -2.09. The number of benzene rings is 2. The molecule has 0 aliphatic carbocycles. The largest absolute Gasteiger partial charge is 0.484 e. The van der Waals surface area contributed by atoms with Gasteiger partial charge in [0.1, 0.15) is 12.4 Å². The molecule has 0 unspecified atom stereocenters. The van der Waals surface area contributed by atoms with Gasteiger partial charge in [-0.05, 0) is 24.6 Å². The monoisotopic (exact) mass is 447 g/mol. The molecule has 1 N–H and O–H groups in total. The van der Waals surface area contributed by atoms with Gasteiger partial charge in [0.15, 0.2) is 11.0 Å². The van der Waals surface area contributed by atoms with Crippen LogP contribution in [0.1, 0.15) is 11.4 Å². The lowest BCUT2D eigenvalue weighted by molar-refractivity contribution is -0.384. The van der Waals surface area contributed by atoms with Crippen LogP contribution in [-0.2, 0) is 18.4 Å². The molecule has 0 fully saturated rings. The van der Waals surface area contributed by atoms with Gasteiger partial charge in [0.25, 0.3) is 5.69 Å². The summed E-state index contributed by atoms with van der Waals surface area (Å²) in [6.45, 7) is 1.94. The number of thioether (sulfide) groups is 1. The quantitative estimate of drug-likeness (QED) is 0.315. The van der Waals surface area contributed by atoms with Crippen molar-refractivity contribution in [3.63, 3.8) is 0 Å². The van der Waals surface area contributed by atoms with Crippen LogP contribution in [0, 0.1) is 17.0 Å². The summed E-state index contributed by atoms with van der Waals surface area (Å²) in [5.74, 6) is 0.885. The standard InChI is InChI=1S/C19H18ClN5O4S/c1-12-7-8-13(25(27)28)9-15(12)21-18(26)11-30-19-23-22-17(24(19)2)10-29-16-6-4-3-5-14(16)20/h3-9H,10-11H2,1-2H3,(H,21,26). The minimum Gasteiger partial charge on any atom is -0.484 e. The zero-order chi connectivity index (χ0) is 21.7. The van der Waals surface area contributed by atoms with Crippen molar-refractivity contribution in [1.82, 2.24) is 14.8 Å². The summed E-state index contributed by atoms with van der Waals surface area (Å²) in [6, 6.07) is 11.4. The molecule has 3 rings (SSSR count). The second-order valence-electron chi connectivity index (χ2n) is 6.27. The van der Waals surface area contributed by atoms with E-state index >= 15 is 0 Å². The van der Waals surface area contributed by atoms with Gasteiger partial charge in [-0.3, -0.25) is 14.9 Å². The normalized spacial score (nSPS) is 10.6. The summed E-state index contributed by atoms with van der Waals surface area (Å²) < 4.78 is 7.40. The molecule has 0 bridgehead atoms. The van der Waals surface area contributed by atoms with Crippen LogP contribution in [0.2, 0.25) is 5.02 Å². The van der Waals surface area contributed by atoms with Gasteiger partial charge in [-0.15, -0.1) is 10.2 Å². The average Bonchev–Trinajstić information content (AvgIpc) is 3.07. The van der Waals surface area contributed by atoms with Crippen molar-refractivity contribution in [3.05, 3.63) is 69.0 Å². The Morgan fingerprint density at radius 3 is 2.80 bits per heavy atom. The number of ether oxygens (including phenoxy) is 1. The lowest BCUT2D eigenvalue weighted by Crippen LogP contribution is -2.15. The van der Waals surface area contributed by atoms with Crippen LogP contribution < -0.4 is 10.1 Å². The molecule has 0 saturated carbocycles. The number of non-ortho nitro benzene ring substituents is 1. The van der Waals surface area contributed by atoms with Gasteiger partial charge in [0.2, 0.25) is 5.91 Å². The number of aromatic nitrogens is 3. The average molecular weight is 448 g/mol.